The van der Waals surface area contributed by atoms with Crippen molar-refractivity contribution in [3.63, 3.8) is 0 Å². The molecule has 134 valence electrons. The van der Waals surface area contributed by atoms with Crippen LogP contribution in [0, 0.1) is 0 Å². The first-order chi connectivity index (χ1) is 11.9. The van der Waals surface area contributed by atoms with Gasteiger partial charge in [-0.1, -0.05) is 50.2 Å². The molecule has 0 spiro atoms. The van der Waals surface area contributed by atoms with Crippen molar-refractivity contribution in [2.24, 2.45) is 0 Å². The van der Waals surface area contributed by atoms with Crippen molar-refractivity contribution in [2.45, 2.75) is 43.6 Å². The zero-order valence-corrected chi connectivity index (χ0v) is 15.0. The van der Waals surface area contributed by atoms with E-state index in [1.807, 2.05) is 44.2 Å². The maximum atomic E-state index is 12.6. The highest BCUT2D eigenvalue weighted by Gasteiger charge is 2.31. The van der Waals surface area contributed by atoms with Gasteiger partial charge in [0.05, 0.1) is 6.54 Å². The number of carbonyl (C=O) groups is 1. The smallest absolute Gasteiger partial charge is 0.308 e. The van der Waals surface area contributed by atoms with E-state index in [0.717, 1.165) is 11.1 Å². The van der Waals surface area contributed by atoms with Crippen LogP contribution in [0.25, 0.3) is 0 Å². The minimum atomic E-state index is -4.34. The van der Waals surface area contributed by atoms with Gasteiger partial charge < -0.3 is 4.90 Å². The van der Waals surface area contributed by atoms with Gasteiger partial charge in [0.25, 0.3) is 0 Å². The predicted molar refractivity (Wildman–Crippen MR) is 95.7 cm³/mol. The van der Waals surface area contributed by atoms with Crippen LogP contribution in [-0.4, -0.2) is 11.4 Å². The average Bonchev–Trinajstić information content (AvgIpc) is 2.59. The largest absolute Gasteiger partial charge is 0.446 e. The quantitative estimate of drug-likeness (QED) is 0.639. The van der Waals surface area contributed by atoms with E-state index in [4.69, 9.17) is 0 Å². The number of rotatable bonds is 3. The van der Waals surface area contributed by atoms with Crippen LogP contribution in [0.15, 0.2) is 53.4 Å². The molecule has 25 heavy (non-hydrogen) atoms. The highest BCUT2D eigenvalue weighted by molar-refractivity contribution is 8.00. The lowest BCUT2D eigenvalue weighted by Gasteiger charge is -2.30. The number of fused-ring (bicyclic) bond motifs is 1. The first-order valence-corrected chi connectivity index (χ1v) is 8.97. The molecule has 0 radical (unpaired) electrons. The van der Waals surface area contributed by atoms with E-state index in [-0.39, 0.29) is 22.6 Å². The Labute approximate surface area is 150 Å². The van der Waals surface area contributed by atoms with Gasteiger partial charge in [-0.3, -0.25) is 4.79 Å². The molecular weight excluding hydrogens is 347 g/mol. The van der Waals surface area contributed by atoms with Crippen LogP contribution in [0.1, 0.15) is 31.4 Å². The topological polar surface area (TPSA) is 20.3 Å². The Morgan fingerprint density at radius 3 is 2.36 bits per heavy atom. The van der Waals surface area contributed by atoms with E-state index in [1.54, 1.807) is 11.0 Å². The van der Waals surface area contributed by atoms with Crippen LogP contribution in [0.2, 0.25) is 0 Å². The van der Waals surface area contributed by atoms with Gasteiger partial charge in [-0.05, 0) is 41.4 Å². The summed E-state index contributed by atoms with van der Waals surface area (Å²) in [5, 5.41) is 0. The maximum absolute atomic E-state index is 12.6. The van der Waals surface area contributed by atoms with Gasteiger partial charge in [0.1, 0.15) is 0 Å². The molecular formula is C19H20F3NOS. The Hall–Kier alpha value is -1.95. The highest BCUT2D eigenvalue weighted by Crippen LogP contribution is 2.40. The molecule has 0 atom stereocenters. The van der Waals surface area contributed by atoms with Crippen LogP contribution in [0.5, 0.6) is 0 Å². The summed E-state index contributed by atoms with van der Waals surface area (Å²) in [6.07, 6.45) is 0.946. The summed E-state index contributed by atoms with van der Waals surface area (Å²) in [4.78, 5) is 13.9. The Morgan fingerprint density at radius 2 is 1.72 bits per heavy atom. The molecule has 0 aliphatic carbocycles. The van der Waals surface area contributed by atoms with E-state index in [1.165, 1.54) is 12.1 Å². The van der Waals surface area contributed by atoms with Crippen LogP contribution in [0.3, 0.4) is 0 Å². The third-order valence-electron chi connectivity index (χ3n) is 3.67. The van der Waals surface area contributed by atoms with E-state index in [2.05, 4.69) is 0 Å². The molecule has 0 saturated carbocycles. The van der Waals surface area contributed by atoms with Gasteiger partial charge in [-0.25, -0.2) is 0 Å². The summed E-state index contributed by atoms with van der Waals surface area (Å²) in [6.45, 7) is 4.37. The number of benzene rings is 2. The van der Waals surface area contributed by atoms with Gasteiger partial charge in [-0.2, -0.15) is 13.2 Å². The zero-order chi connectivity index (χ0) is 18.4. The molecule has 0 saturated heterocycles. The number of anilines is 1. The Kier molecular flexibility index (Phi) is 6.53. The molecule has 1 aliphatic rings. The SMILES string of the molecule is CC.O=C1CCc2ccc(SC(F)(F)F)cc2N1Cc1ccccc1. The number of nitrogens with zero attached hydrogens (tertiary/aromatic N) is 1. The van der Waals surface area contributed by atoms with Crippen LogP contribution < -0.4 is 4.90 Å². The van der Waals surface area contributed by atoms with Crippen LogP contribution >= 0.6 is 11.8 Å². The molecule has 0 fully saturated rings. The number of alkyl halides is 3. The first kappa shape index (κ1) is 19.4. The van der Waals surface area contributed by atoms with E-state index < -0.39 is 5.51 Å². The van der Waals surface area contributed by atoms with Crippen LogP contribution in [0.4, 0.5) is 18.9 Å². The minimum absolute atomic E-state index is 0.0597. The van der Waals surface area contributed by atoms with Gasteiger partial charge >= 0.3 is 5.51 Å². The number of halogens is 3. The third-order valence-corrected chi connectivity index (χ3v) is 4.39. The second kappa shape index (κ2) is 8.43. The molecule has 0 unspecified atom stereocenters. The van der Waals surface area contributed by atoms with Gasteiger partial charge in [0.15, 0.2) is 0 Å². The lowest BCUT2D eigenvalue weighted by molar-refractivity contribution is -0.119. The van der Waals surface area contributed by atoms with Gasteiger partial charge in [0, 0.05) is 17.0 Å². The maximum Gasteiger partial charge on any atom is 0.446 e. The molecule has 2 aromatic carbocycles. The number of carbonyl (C=O) groups excluding carboxylic acids is 1. The molecule has 6 heteroatoms. The monoisotopic (exact) mass is 367 g/mol. The van der Waals surface area contributed by atoms with Crippen molar-refractivity contribution < 1.29 is 18.0 Å². The lowest BCUT2D eigenvalue weighted by Crippen LogP contribution is -2.34. The summed E-state index contributed by atoms with van der Waals surface area (Å²) in [5.74, 6) is -0.0597. The van der Waals surface area contributed by atoms with Crippen molar-refractivity contribution in [2.75, 3.05) is 4.90 Å². The molecule has 1 aliphatic heterocycles. The molecule has 2 aromatic rings. The number of aryl methyl sites for hydroxylation is 1. The van der Waals surface area contributed by atoms with Crippen molar-refractivity contribution in [1.29, 1.82) is 0 Å². The Morgan fingerprint density at radius 1 is 1.04 bits per heavy atom. The molecule has 0 bridgehead atoms. The highest BCUT2D eigenvalue weighted by atomic mass is 32.2. The van der Waals surface area contributed by atoms with E-state index in [9.17, 15) is 18.0 Å². The van der Waals surface area contributed by atoms with Crippen LogP contribution in [-0.2, 0) is 17.8 Å². The average molecular weight is 367 g/mol. The molecule has 1 amide bonds. The van der Waals surface area contributed by atoms with Crippen molar-refractivity contribution in [1.82, 2.24) is 0 Å². The fraction of sp³-hybridized carbons (Fsp3) is 0.316. The van der Waals surface area contributed by atoms with E-state index in [0.29, 0.717) is 25.1 Å². The molecule has 0 N–H and O–H groups in total. The van der Waals surface area contributed by atoms with Gasteiger partial charge in [-0.15, -0.1) is 0 Å². The fourth-order valence-corrected chi connectivity index (χ4v) is 3.23. The Balaban J connectivity index is 0.00000109. The van der Waals surface area contributed by atoms with Gasteiger partial charge in [0.2, 0.25) is 5.91 Å². The first-order valence-electron chi connectivity index (χ1n) is 8.15. The minimum Gasteiger partial charge on any atom is -0.308 e. The van der Waals surface area contributed by atoms with Crippen molar-refractivity contribution in [3.8, 4) is 0 Å². The standard InChI is InChI=1S/C17H14F3NOS.C2H6/c18-17(19,20)23-14-8-6-13-7-9-16(22)21(15(13)10-14)11-12-4-2-1-3-5-12;1-2/h1-6,8,10H,7,9,11H2;1-2H3. The molecule has 3 rings (SSSR count). The fourth-order valence-electron chi connectivity index (χ4n) is 2.65. The number of hydrogen-bond donors (Lipinski definition) is 0. The number of amides is 1. The second-order valence-corrected chi connectivity index (χ2v) is 6.44. The second-order valence-electron chi connectivity index (χ2n) is 5.30. The third kappa shape index (κ3) is 5.26. The normalized spacial score (nSPS) is 13.8. The summed E-state index contributed by atoms with van der Waals surface area (Å²) >= 11 is -0.155. The lowest BCUT2D eigenvalue weighted by atomic mass is 10.0. The Bertz CT molecular complexity index is 716. The predicted octanol–water partition coefficient (Wildman–Crippen LogP) is 5.80. The summed E-state index contributed by atoms with van der Waals surface area (Å²) in [7, 11) is 0. The molecule has 1 heterocycles. The van der Waals surface area contributed by atoms with E-state index >= 15 is 0 Å². The van der Waals surface area contributed by atoms with Crippen molar-refractivity contribution >= 4 is 23.4 Å². The number of thioether (sulfide) groups is 1. The molecule has 2 nitrogen and oxygen atoms in total. The zero-order valence-electron chi connectivity index (χ0n) is 14.1. The number of hydrogen-bond acceptors (Lipinski definition) is 2. The molecule has 0 aromatic heterocycles. The van der Waals surface area contributed by atoms with Crippen molar-refractivity contribution in [3.05, 3.63) is 59.7 Å². The summed E-state index contributed by atoms with van der Waals surface area (Å²) < 4.78 is 37.7. The summed E-state index contributed by atoms with van der Waals surface area (Å²) in [6, 6.07) is 14.1. The summed E-state index contributed by atoms with van der Waals surface area (Å²) in [5.41, 5.74) is -1.90.